The standard InChI is InChI=1S/C13H17ClN2O/c1-9-7-11(14)5-4-10(9)8-16-6-2-3-12(16)13(15)17/h4-5,7,12H,2-3,6,8H2,1H3,(H2,15,17). The van der Waals surface area contributed by atoms with Crippen molar-refractivity contribution in [3.63, 3.8) is 0 Å². The lowest BCUT2D eigenvalue weighted by molar-refractivity contribution is -0.122. The third kappa shape index (κ3) is 2.79. The monoisotopic (exact) mass is 252 g/mol. The predicted molar refractivity (Wildman–Crippen MR) is 68.8 cm³/mol. The van der Waals surface area contributed by atoms with E-state index in [4.69, 9.17) is 17.3 Å². The van der Waals surface area contributed by atoms with Crippen LogP contribution in [0.15, 0.2) is 18.2 Å². The first-order chi connectivity index (χ1) is 8.08. The summed E-state index contributed by atoms with van der Waals surface area (Å²) in [6, 6.07) is 5.75. The van der Waals surface area contributed by atoms with Crippen molar-refractivity contribution in [3.05, 3.63) is 34.3 Å². The maximum Gasteiger partial charge on any atom is 0.234 e. The summed E-state index contributed by atoms with van der Waals surface area (Å²) in [6.45, 7) is 3.75. The SMILES string of the molecule is Cc1cc(Cl)ccc1CN1CCCC1C(N)=O. The highest BCUT2D eigenvalue weighted by atomic mass is 35.5. The zero-order valence-electron chi connectivity index (χ0n) is 9.95. The largest absolute Gasteiger partial charge is 0.368 e. The van der Waals surface area contributed by atoms with E-state index in [1.165, 1.54) is 5.56 Å². The zero-order chi connectivity index (χ0) is 12.4. The van der Waals surface area contributed by atoms with Gasteiger partial charge in [-0.3, -0.25) is 9.69 Å². The van der Waals surface area contributed by atoms with Crippen molar-refractivity contribution < 1.29 is 4.79 Å². The number of primary amides is 1. The van der Waals surface area contributed by atoms with Gasteiger partial charge in [-0.2, -0.15) is 0 Å². The number of rotatable bonds is 3. The topological polar surface area (TPSA) is 46.3 Å². The van der Waals surface area contributed by atoms with Gasteiger partial charge in [-0.15, -0.1) is 0 Å². The molecular weight excluding hydrogens is 236 g/mol. The zero-order valence-corrected chi connectivity index (χ0v) is 10.7. The number of benzene rings is 1. The molecule has 1 atom stereocenters. The second kappa shape index (κ2) is 5.07. The molecule has 0 radical (unpaired) electrons. The van der Waals surface area contributed by atoms with Crippen LogP contribution in [-0.4, -0.2) is 23.4 Å². The van der Waals surface area contributed by atoms with Gasteiger partial charge in [0.1, 0.15) is 0 Å². The van der Waals surface area contributed by atoms with Gasteiger partial charge in [0, 0.05) is 11.6 Å². The quantitative estimate of drug-likeness (QED) is 0.896. The minimum absolute atomic E-state index is 0.106. The summed E-state index contributed by atoms with van der Waals surface area (Å²) >= 11 is 5.92. The van der Waals surface area contributed by atoms with Crippen molar-refractivity contribution in [2.45, 2.75) is 32.4 Å². The number of halogens is 1. The molecule has 1 aliphatic heterocycles. The lowest BCUT2D eigenvalue weighted by Gasteiger charge is -2.22. The van der Waals surface area contributed by atoms with Crippen LogP contribution in [0, 0.1) is 6.92 Å². The molecule has 4 heteroatoms. The van der Waals surface area contributed by atoms with E-state index < -0.39 is 0 Å². The summed E-state index contributed by atoms with van der Waals surface area (Å²) in [5.74, 6) is -0.214. The van der Waals surface area contributed by atoms with Gasteiger partial charge >= 0.3 is 0 Å². The molecule has 1 saturated heterocycles. The molecule has 3 nitrogen and oxygen atoms in total. The summed E-state index contributed by atoms with van der Waals surface area (Å²) < 4.78 is 0. The average Bonchev–Trinajstić information content (AvgIpc) is 2.70. The van der Waals surface area contributed by atoms with Gasteiger partial charge in [0.15, 0.2) is 0 Å². The summed E-state index contributed by atoms with van der Waals surface area (Å²) in [6.07, 6.45) is 1.92. The van der Waals surface area contributed by atoms with Crippen molar-refractivity contribution in [2.24, 2.45) is 5.73 Å². The predicted octanol–water partition coefficient (Wildman–Crippen LogP) is 2.10. The maximum absolute atomic E-state index is 11.3. The fraction of sp³-hybridized carbons (Fsp3) is 0.462. The number of likely N-dealkylation sites (tertiary alicyclic amines) is 1. The number of amides is 1. The van der Waals surface area contributed by atoms with Crippen molar-refractivity contribution >= 4 is 17.5 Å². The molecule has 2 N–H and O–H groups in total. The molecule has 1 fully saturated rings. The van der Waals surface area contributed by atoms with Crippen LogP contribution in [0.3, 0.4) is 0 Å². The second-order valence-electron chi connectivity index (χ2n) is 4.60. The van der Waals surface area contributed by atoms with Crippen molar-refractivity contribution in [1.29, 1.82) is 0 Å². The highest BCUT2D eigenvalue weighted by Gasteiger charge is 2.28. The van der Waals surface area contributed by atoms with Crippen molar-refractivity contribution in [1.82, 2.24) is 4.90 Å². The number of nitrogens with two attached hydrogens (primary N) is 1. The summed E-state index contributed by atoms with van der Waals surface area (Å²) in [5, 5.41) is 0.749. The molecule has 1 aromatic rings. The normalized spacial score (nSPS) is 20.7. The molecule has 0 spiro atoms. The highest BCUT2D eigenvalue weighted by Crippen LogP contribution is 2.22. The molecular formula is C13H17ClN2O. The molecule has 0 aliphatic carbocycles. The van der Waals surface area contributed by atoms with E-state index in [1.54, 1.807) is 0 Å². The Balaban J connectivity index is 2.12. The third-order valence-electron chi connectivity index (χ3n) is 3.37. The van der Waals surface area contributed by atoms with Gasteiger partial charge in [0.2, 0.25) is 5.91 Å². The number of nitrogens with zero attached hydrogens (tertiary/aromatic N) is 1. The van der Waals surface area contributed by atoms with Crippen LogP contribution in [0.1, 0.15) is 24.0 Å². The van der Waals surface area contributed by atoms with Gasteiger partial charge in [-0.1, -0.05) is 17.7 Å². The smallest absolute Gasteiger partial charge is 0.234 e. The van der Waals surface area contributed by atoms with Crippen molar-refractivity contribution in [3.8, 4) is 0 Å². The maximum atomic E-state index is 11.3. The van der Waals surface area contributed by atoms with E-state index in [2.05, 4.69) is 4.90 Å². The fourth-order valence-corrected chi connectivity index (χ4v) is 2.62. The molecule has 1 heterocycles. The van der Waals surface area contributed by atoms with Crippen LogP contribution in [0.4, 0.5) is 0 Å². The van der Waals surface area contributed by atoms with Gasteiger partial charge in [-0.05, 0) is 49.6 Å². The van der Waals surface area contributed by atoms with E-state index in [9.17, 15) is 4.79 Å². The Morgan fingerprint density at radius 1 is 1.59 bits per heavy atom. The van der Waals surface area contributed by atoms with E-state index in [1.807, 2.05) is 25.1 Å². The van der Waals surface area contributed by atoms with E-state index >= 15 is 0 Å². The molecule has 1 aliphatic rings. The average molecular weight is 253 g/mol. The molecule has 2 rings (SSSR count). The summed E-state index contributed by atoms with van der Waals surface area (Å²) in [4.78, 5) is 13.5. The molecule has 0 aromatic heterocycles. The molecule has 92 valence electrons. The van der Waals surface area contributed by atoms with E-state index in [0.717, 1.165) is 36.5 Å². The number of aryl methyl sites for hydroxylation is 1. The molecule has 17 heavy (non-hydrogen) atoms. The summed E-state index contributed by atoms with van der Waals surface area (Å²) in [5.41, 5.74) is 7.77. The lowest BCUT2D eigenvalue weighted by atomic mass is 10.1. The highest BCUT2D eigenvalue weighted by molar-refractivity contribution is 6.30. The van der Waals surface area contributed by atoms with Crippen LogP contribution >= 0.6 is 11.6 Å². The Kier molecular flexibility index (Phi) is 3.69. The van der Waals surface area contributed by atoms with E-state index in [0.29, 0.717) is 0 Å². The molecule has 1 aromatic carbocycles. The second-order valence-corrected chi connectivity index (χ2v) is 5.04. The summed E-state index contributed by atoms with van der Waals surface area (Å²) in [7, 11) is 0. The minimum Gasteiger partial charge on any atom is -0.368 e. The number of carbonyl (C=O) groups excluding carboxylic acids is 1. The van der Waals surface area contributed by atoms with Gasteiger partial charge in [-0.25, -0.2) is 0 Å². The number of hydrogen-bond donors (Lipinski definition) is 1. The lowest BCUT2D eigenvalue weighted by Crippen LogP contribution is -2.39. The molecule has 0 saturated carbocycles. The first-order valence-corrected chi connectivity index (χ1v) is 6.24. The fourth-order valence-electron chi connectivity index (χ4n) is 2.39. The van der Waals surface area contributed by atoms with Crippen LogP contribution < -0.4 is 5.73 Å². The van der Waals surface area contributed by atoms with E-state index in [-0.39, 0.29) is 11.9 Å². The Labute approximate surface area is 107 Å². The Morgan fingerprint density at radius 2 is 2.35 bits per heavy atom. The van der Waals surface area contributed by atoms with Gasteiger partial charge in [0.05, 0.1) is 6.04 Å². The molecule has 0 bridgehead atoms. The van der Waals surface area contributed by atoms with Gasteiger partial charge in [0.25, 0.3) is 0 Å². The Morgan fingerprint density at radius 3 is 3.00 bits per heavy atom. The Hall–Kier alpha value is -1.06. The van der Waals surface area contributed by atoms with Crippen molar-refractivity contribution in [2.75, 3.05) is 6.54 Å². The van der Waals surface area contributed by atoms with Crippen LogP contribution in [0.2, 0.25) is 5.02 Å². The molecule has 1 unspecified atom stereocenters. The number of hydrogen-bond acceptors (Lipinski definition) is 2. The molecule has 1 amide bonds. The third-order valence-corrected chi connectivity index (χ3v) is 3.61. The number of carbonyl (C=O) groups is 1. The van der Waals surface area contributed by atoms with Crippen LogP contribution in [0.5, 0.6) is 0 Å². The minimum atomic E-state index is -0.214. The first-order valence-electron chi connectivity index (χ1n) is 5.86. The first kappa shape index (κ1) is 12.4. The Bertz CT molecular complexity index is 433. The van der Waals surface area contributed by atoms with Crippen LogP contribution in [-0.2, 0) is 11.3 Å². The van der Waals surface area contributed by atoms with Crippen LogP contribution in [0.25, 0.3) is 0 Å². The van der Waals surface area contributed by atoms with Gasteiger partial charge < -0.3 is 5.73 Å².